The molecule has 2 aromatic rings. The van der Waals surface area contributed by atoms with Gasteiger partial charge < -0.3 is 5.73 Å². The molecule has 1 aliphatic heterocycles. The third kappa shape index (κ3) is 6.33. The maximum atomic E-state index is 14.0. The molecule has 0 saturated carbocycles. The number of nitrogens with two attached hydrogens (primary N) is 1. The summed E-state index contributed by atoms with van der Waals surface area (Å²) in [5.74, 6) is -1.67. The van der Waals surface area contributed by atoms with E-state index in [1.54, 1.807) is 45.0 Å². The molecule has 1 amide bonds. The van der Waals surface area contributed by atoms with Crippen LogP contribution in [0.2, 0.25) is 10.0 Å². The summed E-state index contributed by atoms with van der Waals surface area (Å²) in [6.45, 7) is 10.7. The summed E-state index contributed by atoms with van der Waals surface area (Å²) in [4.78, 5) is 26.3. The largest absolute Gasteiger partial charge is 0.369 e. The standard InChI is InChI=1S/C29H36Cl2N2O4S/c1-28(2,3)25-17-21(24(34)16-20(27(32)35)14-18-10-8-7-9-11-18)26(19-12-13-22(30)23(31)15-19)33(25)38(36,37)29(4,5)6/h7-13,15,17,20,25-26H,14,16H2,1-6H3,(H2,32,35)/t20-,25+,26?/m1/s1. The van der Waals surface area contributed by atoms with Crippen LogP contribution in [0.5, 0.6) is 0 Å². The third-order valence-corrected chi connectivity index (χ3v) is 10.1. The van der Waals surface area contributed by atoms with Crippen molar-refractivity contribution in [3.05, 3.63) is 81.4 Å². The number of sulfonamides is 1. The van der Waals surface area contributed by atoms with E-state index < -0.39 is 44.1 Å². The molecule has 0 aliphatic carbocycles. The Balaban J connectivity index is 2.14. The minimum Gasteiger partial charge on any atom is -0.369 e. The minimum absolute atomic E-state index is 0.145. The van der Waals surface area contributed by atoms with Gasteiger partial charge in [-0.15, -0.1) is 0 Å². The molecular formula is C29H36Cl2N2O4S. The highest BCUT2D eigenvalue weighted by molar-refractivity contribution is 7.90. The number of Topliss-reactive ketones (excluding diaryl/α,β-unsaturated/α-hetero) is 1. The van der Waals surface area contributed by atoms with E-state index in [2.05, 4.69) is 0 Å². The number of halogens is 2. The summed E-state index contributed by atoms with van der Waals surface area (Å²) >= 11 is 12.5. The number of ketones is 1. The monoisotopic (exact) mass is 578 g/mol. The first-order chi connectivity index (χ1) is 17.4. The van der Waals surface area contributed by atoms with E-state index >= 15 is 0 Å². The molecule has 0 radical (unpaired) electrons. The van der Waals surface area contributed by atoms with Crippen molar-refractivity contribution in [2.24, 2.45) is 17.1 Å². The smallest absolute Gasteiger partial charge is 0.221 e. The highest BCUT2D eigenvalue weighted by atomic mass is 35.5. The van der Waals surface area contributed by atoms with Crippen molar-refractivity contribution >= 4 is 44.9 Å². The van der Waals surface area contributed by atoms with E-state index in [1.807, 2.05) is 51.1 Å². The molecule has 1 heterocycles. The second kappa shape index (κ2) is 11.1. The predicted octanol–water partition coefficient (Wildman–Crippen LogP) is 6.12. The number of hydrogen-bond donors (Lipinski definition) is 1. The van der Waals surface area contributed by atoms with Crippen molar-refractivity contribution in [1.29, 1.82) is 0 Å². The summed E-state index contributed by atoms with van der Waals surface area (Å²) in [5, 5.41) is 0.571. The van der Waals surface area contributed by atoms with Crippen LogP contribution in [0.15, 0.2) is 60.2 Å². The Kier molecular flexibility index (Phi) is 8.89. The molecule has 1 aliphatic rings. The zero-order valence-corrected chi connectivity index (χ0v) is 25.0. The van der Waals surface area contributed by atoms with Crippen LogP contribution in [0.3, 0.4) is 0 Å². The van der Waals surface area contributed by atoms with Crippen molar-refractivity contribution in [1.82, 2.24) is 4.31 Å². The maximum absolute atomic E-state index is 14.0. The number of amides is 1. The molecule has 2 aromatic carbocycles. The van der Waals surface area contributed by atoms with Crippen LogP contribution in [0.4, 0.5) is 0 Å². The average molecular weight is 580 g/mol. The second-order valence-corrected chi connectivity index (χ2v) is 15.3. The van der Waals surface area contributed by atoms with Gasteiger partial charge in [-0.2, -0.15) is 4.31 Å². The highest BCUT2D eigenvalue weighted by Gasteiger charge is 2.52. The quantitative estimate of drug-likeness (QED) is 0.407. The number of carbonyl (C=O) groups excluding carboxylic acids is 2. The summed E-state index contributed by atoms with van der Waals surface area (Å²) in [5.41, 5.74) is 6.89. The Hall–Kier alpha value is -2.19. The van der Waals surface area contributed by atoms with E-state index in [4.69, 9.17) is 28.9 Å². The van der Waals surface area contributed by atoms with E-state index in [-0.39, 0.29) is 17.2 Å². The van der Waals surface area contributed by atoms with Gasteiger partial charge in [-0.05, 0) is 55.9 Å². The second-order valence-electron chi connectivity index (χ2n) is 11.9. The number of benzene rings is 2. The van der Waals surface area contributed by atoms with Crippen LogP contribution < -0.4 is 5.73 Å². The Morgan fingerprint density at radius 1 is 0.974 bits per heavy atom. The van der Waals surface area contributed by atoms with Gasteiger partial charge in [0.25, 0.3) is 0 Å². The summed E-state index contributed by atoms with van der Waals surface area (Å²) in [6, 6.07) is 12.7. The van der Waals surface area contributed by atoms with E-state index in [1.165, 1.54) is 4.31 Å². The summed E-state index contributed by atoms with van der Waals surface area (Å²) in [7, 11) is -3.93. The number of primary amides is 1. The molecule has 0 bridgehead atoms. The first-order valence-corrected chi connectivity index (χ1v) is 14.7. The number of hydrogen-bond acceptors (Lipinski definition) is 4. The molecule has 0 saturated heterocycles. The Bertz CT molecular complexity index is 1340. The van der Waals surface area contributed by atoms with Gasteiger partial charge in [-0.1, -0.05) is 86.4 Å². The van der Waals surface area contributed by atoms with E-state index in [0.29, 0.717) is 22.6 Å². The number of carbonyl (C=O) groups is 2. The lowest BCUT2D eigenvalue weighted by Gasteiger charge is -2.40. The molecule has 206 valence electrons. The van der Waals surface area contributed by atoms with E-state index in [0.717, 1.165) is 5.56 Å². The zero-order valence-electron chi connectivity index (χ0n) is 22.7. The average Bonchev–Trinajstić information content (AvgIpc) is 3.22. The van der Waals surface area contributed by atoms with Gasteiger partial charge in [-0.25, -0.2) is 8.42 Å². The van der Waals surface area contributed by atoms with Crippen molar-refractivity contribution in [2.75, 3.05) is 0 Å². The highest BCUT2D eigenvalue weighted by Crippen LogP contribution is 2.48. The lowest BCUT2D eigenvalue weighted by Crippen LogP contribution is -2.51. The van der Waals surface area contributed by atoms with Crippen molar-refractivity contribution in [3.8, 4) is 0 Å². The number of nitrogens with zero attached hydrogens (tertiary/aromatic N) is 1. The number of rotatable bonds is 8. The van der Waals surface area contributed by atoms with Gasteiger partial charge in [0.1, 0.15) is 0 Å². The Morgan fingerprint density at radius 3 is 2.08 bits per heavy atom. The van der Waals surface area contributed by atoms with Gasteiger partial charge in [-0.3, -0.25) is 9.59 Å². The van der Waals surface area contributed by atoms with Crippen LogP contribution in [0, 0.1) is 11.3 Å². The van der Waals surface area contributed by atoms with Gasteiger partial charge >= 0.3 is 0 Å². The molecular weight excluding hydrogens is 543 g/mol. The lowest BCUT2D eigenvalue weighted by atomic mass is 9.86. The van der Waals surface area contributed by atoms with Crippen LogP contribution in [-0.2, 0) is 26.0 Å². The Morgan fingerprint density at radius 2 is 1.58 bits per heavy atom. The molecule has 38 heavy (non-hydrogen) atoms. The molecule has 6 nitrogen and oxygen atoms in total. The summed E-state index contributed by atoms with van der Waals surface area (Å²) in [6.07, 6.45) is 1.90. The van der Waals surface area contributed by atoms with E-state index in [9.17, 15) is 18.0 Å². The van der Waals surface area contributed by atoms with Crippen LogP contribution in [0.1, 0.15) is 65.1 Å². The Labute approximate surface area is 236 Å². The maximum Gasteiger partial charge on any atom is 0.221 e. The van der Waals surface area contributed by atoms with Gasteiger partial charge in [0.2, 0.25) is 15.9 Å². The molecule has 9 heteroatoms. The minimum atomic E-state index is -3.93. The molecule has 1 unspecified atom stereocenters. The predicted molar refractivity (Wildman–Crippen MR) is 153 cm³/mol. The summed E-state index contributed by atoms with van der Waals surface area (Å²) < 4.78 is 28.4. The lowest BCUT2D eigenvalue weighted by molar-refractivity contribution is -0.126. The third-order valence-electron chi connectivity index (χ3n) is 6.84. The van der Waals surface area contributed by atoms with Crippen LogP contribution in [-0.4, -0.2) is 35.2 Å². The van der Waals surface area contributed by atoms with Crippen molar-refractivity contribution in [3.63, 3.8) is 0 Å². The van der Waals surface area contributed by atoms with Crippen LogP contribution >= 0.6 is 23.2 Å². The van der Waals surface area contributed by atoms with Crippen molar-refractivity contribution in [2.45, 2.75) is 71.2 Å². The molecule has 3 rings (SSSR count). The van der Waals surface area contributed by atoms with Gasteiger partial charge in [0.15, 0.2) is 5.78 Å². The SMILES string of the molecule is CC(C)(C)[C@@H]1C=C(C(=O)C[C@@H](Cc2ccccc2)C(N)=O)C(c2ccc(Cl)c(Cl)c2)N1S(=O)(=O)C(C)(C)C. The normalized spacial score (nSPS) is 19.7. The first kappa shape index (κ1) is 30.4. The molecule has 0 spiro atoms. The van der Waals surface area contributed by atoms with Crippen LogP contribution in [0.25, 0.3) is 0 Å². The molecule has 0 aromatic heterocycles. The fraction of sp³-hybridized carbons (Fsp3) is 0.448. The molecule has 0 fully saturated rings. The molecule has 2 N–H and O–H groups in total. The van der Waals surface area contributed by atoms with Gasteiger partial charge in [0.05, 0.1) is 20.8 Å². The van der Waals surface area contributed by atoms with Crippen molar-refractivity contribution < 1.29 is 18.0 Å². The fourth-order valence-electron chi connectivity index (χ4n) is 4.64. The fourth-order valence-corrected chi connectivity index (χ4v) is 6.76. The zero-order chi connectivity index (χ0) is 28.6. The topological polar surface area (TPSA) is 97.5 Å². The first-order valence-electron chi connectivity index (χ1n) is 12.5. The molecule has 3 atom stereocenters. The van der Waals surface area contributed by atoms with Gasteiger partial charge in [0, 0.05) is 24.0 Å².